The van der Waals surface area contributed by atoms with Crippen LogP contribution in [0.5, 0.6) is 0 Å². The average molecular weight is 189 g/mol. The predicted octanol–water partition coefficient (Wildman–Crippen LogP) is 2.24. The Morgan fingerprint density at radius 2 is 2.50 bits per heavy atom. The van der Waals surface area contributed by atoms with E-state index in [2.05, 4.69) is 15.6 Å². The van der Waals surface area contributed by atoms with E-state index in [1.54, 1.807) is 0 Å². The van der Waals surface area contributed by atoms with Gasteiger partial charge in [-0.15, -0.1) is 0 Å². The monoisotopic (exact) mass is 189 g/mol. The zero-order chi connectivity index (χ0) is 9.97. The van der Waals surface area contributed by atoms with Crippen LogP contribution in [0.25, 0.3) is 0 Å². The van der Waals surface area contributed by atoms with E-state index in [1.807, 2.05) is 13.3 Å². The molecule has 1 aromatic rings. The van der Waals surface area contributed by atoms with Gasteiger partial charge < -0.3 is 4.57 Å². The lowest BCUT2D eigenvalue weighted by Gasteiger charge is -2.16. The number of imidazole rings is 1. The highest BCUT2D eigenvalue weighted by Gasteiger charge is 2.20. The van der Waals surface area contributed by atoms with Gasteiger partial charge in [-0.3, -0.25) is 0 Å². The molecule has 0 radical (unpaired) electrons. The van der Waals surface area contributed by atoms with Crippen molar-refractivity contribution in [3.63, 3.8) is 0 Å². The topological polar surface area (TPSA) is 41.6 Å². The largest absolute Gasteiger partial charge is 0.334 e. The van der Waals surface area contributed by atoms with Crippen molar-refractivity contribution in [3.05, 3.63) is 17.7 Å². The molecule has 2 heterocycles. The van der Waals surface area contributed by atoms with Crippen molar-refractivity contribution in [1.82, 2.24) is 9.55 Å². The minimum absolute atomic E-state index is 0.00986. The van der Waals surface area contributed by atoms with Crippen LogP contribution in [-0.2, 0) is 13.0 Å². The van der Waals surface area contributed by atoms with Gasteiger partial charge in [-0.05, 0) is 25.7 Å². The van der Waals surface area contributed by atoms with E-state index in [4.69, 9.17) is 5.26 Å². The zero-order valence-electron chi connectivity index (χ0n) is 8.53. The molecule has 0 N–H and O–H groups in total. The Bertz CT molecular complexity index is 359. The van der Waals surface area contributed by atoms with Crippen LogP contribution in [0.3, 0.4) is 0 Å². The fraction of sp³-hybridized carbons (Fsp3) is 0.636. The van der Waals surface area contributed by atoms with Gasteiger partial charge in [0.05, 0.1) is 24.0 Å². The number of hydrogen-bond donors (Lipinski definition) is 0. The highest BCUT2D eigenvalue weighted by atomic mass is 15.1. The maximum atomic E-state index is 9.00. The number of nitrogens with zero attached hydrogens (tertiary/aromatic N) is 3. The summed E-state index contributed by atoms with van der Waals surface area (Å²) in [6.07, 6.45) is 6.32. The van der Waals surface area contributed by atoms with Crippen LogP contribution < -0.4 is 0 Å². The van der Waals surface area contributed by atoms with E-state index in [0.717, 1.165) is 25.1 Å². The molecule has 1 aliphatic rings. The third-order valence-electron chi connectivity index (χ3n) is 2.94. The van der Waals surface area contributed by atoms with E-state index in [1.165, 1.54) is 18.5 Å². The van der Waals surface area contributed by atoms with Crippen molar-refractivity contribution in [2.45, 2.75) is 45.1 Å². The number of aromatic nitrogens is 2. The standard InChI is InChI=1S/C11H15N3/c1-2-9(7-12)11-10-5-3-4-6-14(10)8-13-11/h8-9H,2-6H2,1H3. The van der Waals surface area contributed by atoms with Gasteiger partial charge in [0.1, 0.15) is 0 Å². The molecule has 0 amide bonds. The van der Waals surface area contributed by atoms with Gasteiger partial charge in [0.25, 0.3) is 0 Å². The fourth-order valence-corrected chi connectivity index (χ4v) is 2.10. The number of rotatable bonds is 2. The van der Waals surface area contributed by atoms with Crippen molar-refractivity contribution < 1.29 is 0 Å². The van der Waals surface area contributed by atoms with E-state index in [9.17, 15) is 0 Å². The Balaban J connectivity index is 2.35. The summed E-state index contributed by atoms with van der Waals surface area (Å²) in [7, 11) is 0. The first kappa shape index (κ1) is 9.26. The molecule has 74 valence electrons. The van der Waals surface area contributed by atoms with Crippen LogP contribution in [0.1, 0.15) is 43.5 Å². The number of aryl methyl sites for hydroxylation is 1. The third-order valence-corrected chi connectivity index (χ3v) is 2.94. The van der Waals surface area contributed by atoms with Crippen LogP contribution in [0.15, 0.2) is 6.33 Å². The Morgan fingerprint density at radius 1 is 1.64 bits per heavy atom. The molecule has 0 fully saturated rings. The summed E-state index contributed by atoms with van der Waals surface area (Å²) in [5.74, 6) is -0.00986. The lowest BCUT2D eigenvalue weighted by molar-refractivity contribution is 0.527. The molecule has 0 spiro atoms. The number of nitriles is 1. The van der Waals surface area contributed by atoms with Gasteiger partial charge in [0, 0.05) is 12.2 Å². The van der Waals surface area contributed by atoms with Gasteiger partial charge >= 0.3 is 0 Å². The number of fused-ring (bicyclic) bond motifs is 1. The summed E-state index contributed by atoms with van der Waals surface area (Å²) >= 11 is 0. The van der Waals surface area contributed by atoms with E-state index in [-0.39, 0.29) is 5.92 Å². The van der Waals surface area contributed by atoms with E-state index < -0.39 is 0 Å². The van der Waals surface area contributed by atoms with Crippen molar-refractivity contribution >= 4 is 0 Å². The Kier molecular flexibility index (Phi) is 2.53. The quantitative estimate of drug-likeness (QED) is 0.716. The summed E-state index contributed by atoms with van der Waals surface area (Å²) in [5.41, 5.74) is 2.32. The van der Waals surface area contributed by atoms with Gasteiger partial charge in [0.2, 0.25) is 0 Å². The molecule has 1 unspecified atom stereocenters. The van der Waals surface area contributed by atoms with E-state index in [0.29, 0.717) is 0 Å². The van der Waals surface area contributed by atoms with Gasteiger partial charge in [-0.25, -0.2) is 4.98 Å². The molecular formula is C11H15N3. The second-order valence-electron chi connectivity index (χ2n) is 3.82. The van der Waals surface area contributed by atoms with Crippen molar-refractivity contribution in [2.75, 3.05) is 0 Å². The molecule has 1 aliphatic heterocycles. The van der Waals surface area contributed by atoms with Crippen molar-refractivity contribution in [3.8, 4) is 6.07 Å². The molecule has 14 heavy (non-hydrogen) atoms. The molecular weight excluding hydrogens is 174 g/mol. The second kappa shape index (κ2) is 3.83. The lowest BCUT2D eigenvalue weighted by atomic mass is 9.98. The van der Waals surface area contributed by atoms with Crippen LogP contribution in [0.4, 0.5) is 0 Å². The van der Waals surface area contributed by atoms with Gasteiger partial charge in [-0.1, -0.05) is 6.92 Å². The maximum Gasteiger partial charge on any atom is 0.0952 e. The predicted molar refractivity (Wildman–Crippen MR) is 53.8 cm³/mol. The zero-order valence-corrected chi connectivity index (χ0v) is 8.53. The smallest absolute Gasteiger partial charge is 0.0952 e. The maximum absolute atomic E-state index is 9.00. The molecule has 3 heteroatoms. The molecule has 1 atom stereocenters. The molecule has 0 aliphatic carbocycles. The van der Waals surface area contributed by atoms with Crippen molar-refractivity contribution in [1.29, 1.82) is 5.26 Å². The summed E-state index contributed by atoms with van der Waals surface area (Å²) in [6.45, 7) is 3.12. The molecule has 0 bridgehead atoms. The summed E-state index contributed by atoms with van der Waals surface area (Å²) in [6, 6.07) is 2.33. The molecule has 2 rings (SSSR count). The molecule has 3 nitrogen and oxygen atoms in total. The summed E-state index contributed by atoms with van der Waals surface area (Å²) in [5, 5.41) is 9.00. The first-order valence-electron chi connectivity index (χ1n) is 5.30. The molecule has 1 aromatic heterocycles. The minimum Gasteiger partial charge on any atom is -0.334 e. The van der Waals surface area contributed by atoms with E-state index >= 15 is 0 Å². The number of hydrogen-bond acceptors (Lipinski definition) is 2. The first-order valence-corrected chi connectivity index (χ1v) is 5.30. The van der Waals surface area contributed by atoms with Crippen LogP contribution in [-0.4, -0.2) is 9.55 Å². The summed E-state index contributed by atoms with van der Waals surface area (Å²) < 4.78 is 2.21. The Hall–Kier alpha value is -1.30. The Morgan fingerprint density at radius 3 is 3.21 bits per heavy atom. The molecule has 0 aromatic carbocycles. The summed E-state index contributed by atoms with van der Waals surface area (Å²) in [4.78, 5) is 4.38. The Labute approximate surface area is 84.4 Å². The minimum atomic E-state index is -0.00986. The van der Waals surface area contributed by atoms with Crippen LogP contribution >= 0.6 is 0 Å². The first-order chi connectivity index (χ1) is 6.86. The van der Waals surface area contributed by atoms with Gasteiger partial charge in [-0.2, -0.15) is 5.26 Å². The van der Waals surface area contributed by atoms with Crippen molar-refractivity contribution in [2.24, 2.45) is 0 Å². The molecule has 0 saturated carbocycles. The van der Waals surface area contributed by atoms with Crippen LogP contribution in [0.2, 0.25) is 0 Å². The third kappa shape index (κ3) is 1.41. The van der Waals surface area contributed by atoms with Crippen LogP contribution in [0, 0.1) is 11.3 Å². The normalized spacial score (nSPS) is 17.1. The molecule has 0 saturated heterocycles. The highest BCUT2D eigenvalue weighted by molar-refractivity contribution is 5.24. The van der Waals surface area contributed by atoms with Gasteiger partial charge in [0.15, 0.2) is 0 Å². The highest BCUT2D eigenvalue weighted by Crippen LogP contribution is 2.25. The second-order valence-corrected chi connectivity index (χ2v) is 3.82. The fourth-order valence-electron chi connectivity index (χ4n) is 2.10. The average Bonchev–Trinajstić information content (AvgIpc) is 2.65. The lowest BCUT2D eigenvalue weighted by Crippen LogP contribution is -2.11. The SMILES string of the molecule is CCC(C#N)c1ncn2c1CCCC2.